The number of imide groups is 1. The lowest BCUT2D eigenvalue weighted by Gasteiger charge is -2.31. The van der Waals surface area contributed by atoms with E-state index in [1.54, 1.807) is 18.4 Å². The Morgan fingerprint density at radius 3 is 2.67 bits per heavy atom. The molecule has 2 fully saturated rings. The molecule has 2 saturated heterocycles. The summed E-state index contributed by atoms with van der Waals surface area (Å²) in [6.45, 7) is 3.74. The number of carbonyl (C=O) groups is 4. The van der Waals surface area contributed by atoms with Crippen molar-refractivity contribution >= 4 is 41.0 Å². The van der Waals surface area contributed by atoms with Crippen molar-refractivity contribution in [3.05, 3.63) is 63.0 Å². The van der Waals surface area contributed by atoms with E-state index in [4.69, 9.17) is 9.73 Å². The normalized spacial score (nSPS) is 22.8. The van der Waals surface area contributed by atoms with E-state index in [0.29, 0.717) is 15.5 Å². The van der Waals surface area contributed by atoms with Gasteiger partial charge < -0.3 is 20.5 Å². The number of nitrogens with one attached hydrogen (secondary N) is 2. The number of benzene rings is 1. The largest absolute Gasteiger partial charge is 0.481 e. The number of aliphatic imine (C=N–C) groups is 1. The van der Waals surface area contributed by atoms with Crippen LogP contribution in [0, 0.1) is 24.1 Å². The van der Waals surface area contributed by atoms with Crippen LogP contribution in [-0.2, 0) is 19.1 Å². The van der Waals surface area contributed by atoms with Crippen molar-refractivity contribution in [3.8, 4) is 0 Å². The molecule has 3 aliphatic heterocycles. The minimum atomic E-state index is -3.39. The number of urea groups is 1. The van der Waals surface area contributed by atoms with Gasteiger partial charge in [0.25, 0.3) is 5.92 Å². The Hall–Kier alpha value is -4.31. The molecule has 0 aliphatic carbocycles. The predicted molar refractivity (Wildman–Crippen MR) is 160 cm³/mol. The second-order valence-corrected chi connectivity index (χ2v) is 12.8. The molecule has 5 rings (SSSR count). The van der Waals surface area contributed by atoms with Crippen molar-refractivity contribution in [3.63, 3.8) is 0 Å². The van der Waals surface area contributed by atoms with Gasteiger partial charge in [-0.05, 0) is 44.9 Å². The molecular formula is C30H33F3N6O6S. The van der Waals surface area contributed by atoms with Crippen LogP contribution in [-0.4, -0.2) is 94.4 Å². The number of thiazole rings is 1. The van der Waals surface area contributed by atoms with Crippen molar-refractivity contribution in [1.82, 2.24) is 25.4 Å². The van der Waals surface area contributed by atoms with Gasteiger partial charge in [0.2, 0.25) is 5.91 Å². The molecule has 0 saturated carbocycles. The van der Waals surface area contributed by atoms with E-state index in [0.717, 1.165) is 0 Å². The van der Waals surface area contributed by atoms with Gasteiger partial charge in [-0.1, -0.05) is 12.1 Å². The molecule has 12 nitrogen and oxygen atoms in total. The zero-order valence-electron chi connectivity index (χ0n) is 25.5. The average Bonchev–Trinajstić information content (AvgIpc) is 3.71. The topological polar surface area (TPSA) is 154 Å². The highest BCUT2D eigenvalue weighted by atomic mass is 32.1. The Bertz CT molecular complexity index is 1630. The lowest BCUT2D eigenvalue weighted by molar-refractivity contribution is -0.146. The molecule has 0 bridgehead atoms. The summed E-state index contributed by atoms with van der Waals surface area (Å²) in [4.78, 5) is 62.2. The number of carboxylic acids is 1. The molecule has 1 aromatic carbocycles. The third kappa shape index (κ3) is 6.10. The van der Waals surface area contributed by atoms with Gasteiger partial charge in [0.15, 0.2) is 10.8 Å². The van der Waals surface area contributed by atoms with Crippen molar-refractivity contribution in [2.24, 2.45) is 16.3 Å². The van der Waals surface area contributed by atoms with Gasteiger partial charge in [-0.3, -0.25) is 24.4 Å². The maximum atomic E-state index is 15.5. The Morgan fingerprint density at radius 1 is 1.28 bits per heavy atom. The second kappa shape index (κ2) is 12.5. The van der Waals surface area contributed by atoms with E-state index in [9.17, 15) is 28.7 Å². The number of likely N-dealkylation sites (tertiary alicyclic amines) is 2. The van der Waals surface area contributed by atoms with Gasteiger partial charge in [0.1, 0.15) is 17.9 Å². The molecule has 2 unspecified atom stereocenters. The van der Waals surface area contributed by atoms with E-state index in [-0.39, 0.29) is 42.4 Å². The van der Waals surface area contributed by atoms with Gasteiger partial charge in [-0.15, -0.1) is 11.3 Å². The van der Waals surface area contributed by atoms with Gasteiger partial charge in [0.05, 0.1) is 30.1 Å². The van der Waals surface area contributed by atoms with Crippen LogP contribution in [0.4, 0.5) is 18.0 Å². The zero-order chi connectivity index (χ0) is 33.6. The van der Waals surface area contributed by atoms with Crippen molar-refractivity contribution < 1.29 is 42.2 Å². The molecule has 3 amide bonds. The molecule has 246 valence electrons. The lowest BCUT2D eigenvalue weighted by Crippen LogP contribution is -2.50. The SMILES string of the molecule is CCOC(=O)C1=C(CN2CC(F)(F)C3CN(C(=O)NCC(C)(C)C(=O)O)C(=O)C32)NC(c2nccs2)=N[C@H]1c1cccc(F)c1C. The number of amidine groups is 1. The molecule has 0 radical (unpaired) electrons. The maximum absolute atomic E-state index is 15.5. The number of ether oxygens (including phenoxy) is 1. The molecule has 46 heavy (non-hydrogen) atoms. The number of alkyl halides is 2. The summed E-state index contributed by atoms with van der Waals surface area (Å²) in [6.07, 6.45) is 1.54. The van der Waals surface area contributed by atoms with E-state index >= 15 is 8.78 Å². The molecule has 3 aliphatic rings. The van der Waals surface area contributed by atoms with Crippen LogP contribution in [0.1, 0.15) is 42.9 Å². The second-order valence-electron chi connectivity index (χ2n) is 11.9. The number of aliphatic carboxylic acids is 1. The first-order chi connectivity index (χ1) is 21.7. The van der Waals surface area contributed by atoms with Crippen molar-refractivity contribution in [2.75, 3.05) is 32.8 Å². The lowest BCUT2D eigenvalue weighted by atomic mass is 9.92. The summed E-state index contributed by atoms with van der Waals surface area (Å²) in [5, 5.41) is 16.9. The maximum Gasteiger partial charge on any atom is 0.338 e. The number of hydrogen-bond donors (Lipinski definition) is 3. The summed E-state index contributed by atoms with van der Waals surface area (Å²) in [5.41, 5.74) is -0.713. The average molecular weight is 663 g/mol. The minimum Gasteiger partial charge on any atom is -0.481 e. The van der Waals surface area contributed by atoms with Crippen LogP contribution in [0.5, 0.6) is 0 Å². The first-order valence-corrected chi connectivity index (χ1v) is 15.4. The molecule has 3 atom stereocenters. The number of esters is 1. The molecule has 1 aromatic heterocycles. The molecule has 3 N–H and O–H groups in total. The Morgan fingerprint density at radius 2 is 2.02 bits per heavy atom. The molecular weight excluding hydrogens is 629 g/mol. The number of carboxylic acid groups (broad SMARTS) is 1. The highest BCUT2D eigenvalue weighted by molar-refractivity contribution is 7.11. The quantitative estimate of drug-likeness (QED) is 0.344. The number of amides is 3. The monoisotopic (exact) mass is 662 g/mol. The summed E-state index contributed by atoms with van der Waals surface area (Å²) in [5.74, 6) is -8.13. The molecule has 4 heterocycles. The van der Waals surface area contributed by atoms with Crippen molar-refractivity contribution in [2.45, 2.75) is 45.7 Å². The smallest absolute Gasteiger partial charge is 0.338 e. The first kappa shape index (κ1) is 33.1. The van der Waals surface area contributed by atoms with Gasteiger partial charge in [0, 0.05) is 36.9 Å². The van der Waals surface area contributed by atoms with Crippen LogP contribution < -0.4 is 10.6 Å². The number of rotatable bonds is 9. The number of hydrogen-bond acceptors (Lipinski definition) is 10. The Labute approximate surface area is 266 Å². The summed E-state index contributed by atoms with van der Waals surface area (Å²) in [7, 11) is 0. The van der Waals surface area contributed by atoms with Gasteiger partial charge >= 0.3 is 18.0 Å². The predicted octanol–water partition coefficient (Wildman–Crippen LogP) is 3.10. The van der Waals surface area contributed by atoms with Crippen LogP contribution in [0.3, 0.4) is 0 Å². The fraction of sp³-hybridized carbons (Fsp3) is 0.467. The number of aromatic nitrogens is 1. The van der Waals surface area contributed by atoms with Crippen LogP contribution in [0.25, 0.3) is 0 Å². The van der Waals surface area contributed by atoms with Gasteiger partial charge in [-0.25, -0.2) is 27.7 Å². The van der Waals surface area contributed by atoms with E-state index < -0.39 is 72.1 Å². The highest BCUT2D eigenvalue weighted by Crippen LogP contribution is 2.44. The number of carbonyl (C=O) groups excluding carboxylic acids is 3. The minimum absolute atomic E-state index is 0.0127. The Kier molecular flexibility index (Phi) is 8.96. The fourth-order valence-electron chi connectivity index (χ4n) is 5.75. The van der Waals surface area contributed by atoms with Crippen LogP contribution in [0.15, 0.2) is 46.0 Å². The summed E-state index contributed by atoms with van der Waals surface area (Å²) >= 11 is 1.23. The fourth-order valence-corrected chi connectivity index (χ4v) is 6.34. The molecule has 16 heteroatoms. The van der Waals surface area contributed by atoms with E-state index in [1.807, 2.05) is 0 Å². The first-order valence-electron chi connectivity index (χ1n) is 14.5. The third-order valence-corrected chi connectivity index (χ3v) is 9.14. The molecule has 0 spiro atoms. The van der Waals surface area contributed by atoms with Gasteiger partial charge in [-0.2, -0.15) is 0 Å². The summed E-state index contributed by atoms with van der Waals surface area (Å²) < 4.78 is 51.0. The number of nitrogens with zero attached hydrogens (tertiary/aromatic N) is 4. The Balaban J connectivity index is 1.51. The van der Waals surface area contributed by atoms with E-state index in [1.165, 1.54) is 55.3 Å². The standard InChI is InChI=1S/C30H33F3N6O6S/c1-5-45-26(41)20-19(36-23(24-34-9-10-46-24)37-21(20)16-7-6-8-18(31)15(16)2)12-38-14-30(32,33)17-11-39(25(40)22(17)38)28(44)35-13-29(3,4)27(42)43/h6-10,17,21-22H,5,11-14H2,1-4H3,(H,35,44)(H,36,37)(H,42,43)/t17?,21-,22?/m0/s1. The van der Waals surface area contributed by atoms with E-state index in [2.05, 4.69) is 15.6 Å². The van der Waals surface area contributed by atoms with Crippen molar-refractivity contribution in [1.29, 1.82) is 0 Å². The highest BCUT2D eigenvalue weighted by Gasteiger charge is 2.63. The third-order valence-electron chi connectivity index (χ3n) is 8.36. The number of halogens is 3. The summed E-state index contributed by atoms with van der Waals surface area (Å²) in [6, 6.07) is 0.845. The molecule has 2 aromatic rings. The number of fused-ring (bicyclic) bond motifs is 1. The van der Waals surface area contributed by atoms with Crippen LogP contribution in [0.2, 0.25) is 0 Å². The zero-order valence-corrected chi connectivity index (χ0v) is 26.3. The van der Waals surface area contributed by atoms with Crippen LogP contribution >= 0.6 is 11.3 Å².